The zero-order chi connectivity index (χ0) is 22.5. The van der Waals surface area contributed by atoms with Crippen LogP contribution in [0.15, 0.2) is 54.7 Å². The Morgan fingerprint density at radius 1 is 1.16 bits per heavy atom. The predicted molar refractivity (Wildman–Crippen MR) is 115 cm³/mol. The van der Waals surface area contributed by atoms with E-state index in [4.69, 9.17) is 10.5 Å². The van der Waals surface area contributed by atoms with Gasteiger partial charge in [-0.1, -0.05) is 24.3 Å². The minimum Gasteiger partial charge on any atom is -0.484 e. The highest BCUT2D eigenvalue weighted by molar-refractivity contribution is 5.93. The lowest BCUT2D eigenvalue weighted by atomic mass is 9.75. The summed E-state index contributed by atoms with van der Waals surface area (Å²) in [7, 11) is 0. The Morgan fingerprint density at radius 3 is 2.52 bits per heavy atom. The van der Waals surface area contributed by atoms with Crippen molar-refractivity contribution in [2.45, 2.75) is 37.6 Å². The molecule has 8 nitrogen and oxygen atoms in total. The Morgan fingerprint density at radius 2 is 1.87 bits per heavy atom. The van der Waals surface area contributed by atoms with Crippen molar-refractivity contribution >= 4 is 17.7 Å². The van der Waals surface area contributed by atoms with Gasteiger partial charge in [0.15, 0.2) is 6.61 Å². The lowest BCUT2D eigenvalue weighted by Crippen LogP contribution is -2.62. The number of carbonyl (C=O) groups excluding carboxylic acids is 3. The maximum atomic E-state index is 13.3. The van der Waals surface area contributed by atoms with Crippen molar-refractivity contribution in [2.75, 3.05) is 19.7 Å². The lowest BCUT2D eigenvalue weighted by molar-refractivity contribution is -0.144. The van der Waals surface area contributed by atoms with Crippen molar-refractivity contribution in [3.63, 3.8) is 0 Å². The molecule has 1 fully saturated rings. The van der Waals surface area contributed by atoms with Crippen molar-refractivity contribution < 1.29 is 19.1 Å². The van der Waals surface area contributed by atoms with Crippen LogP contribution in [0.2, 0.25) is 0 Å². The topological polar surface area (TPSA) is 115 Å². The highest BCUT2D eigenvalue weighted by Crippen LogP contribution is 2.33. The molecular formula is C23H28N4O4. The van der Waals surface area contributed by atoms with Crippen LogP contribution in [0.1, 0.15) is 32.4 Å². The van der Waals surface area contributed by atoms with Gasteiger partial charge in [0.25, 0.3) is 5.91 Å². The largest absolute Gasteiger partial charge is 0.484 e. The number of likely N-dealkylation sites (tertiary alicyclic amines) is 1. The van der Waals surface area contributed by atoms with Crippen LogP contribution >= 0.6 is 0 Å². The van der Waals surface area contributed by atoms with E-state index in [1.165, 1.54) is 0 Å². The smallest absolute Gasteiger partial charge is 0.258 e. The molecule has 1 aromatic heterocycles. The second kappa shape index (κ2) is 9.16. The number of nitrogens with one attached hydrogen (secondary N) is 1. The summed E-state index contributed by atoms with van der Waals surface area (Å²) in [4.78, 5) is 44.0. The van der Waals surface area contributed by atoms with E-state index in [9.17, 15) is 14.4 Å². The molecule has 0 radical (unpaired) electrons. The summed E-state index contributed by atoms with van der Waals surface area (Å²) in [6.45, 7) is 3.66. The molecule has 3 N–H and O–H groups in total. The molecular weight excluding hydrogens is 396 g/mol. The van der Waals surface area contributed by atoms with E-state index >= 15 is 0 Å². The summed E-state index contributed by atoms with van der Waals surface area (Å²) < 4.78 is 5.45. The van der Waals surface area contributed by atoms with E-state index in [2.05, 4.69) is 10.3 Å². The van der Waals surface area contributed by atoms with Gasteiger partial charge < -0.3 is 20.7 Å². The fraction of sp³-hybridized carbons (Fsp3) is 0.391. The summed E-state index contributed by atoms with van der Waals surface area (Å²) in [6.07, 6.45) is 2.73. The van der Waals surface area contributed by atoms with E-state index in [1.54, 1.807) is 55.3 Å². The van der Waals surface area contributed by atoms with E-state index in [-0.39, 0.29) is 19.1 Å². The normalized spacial score (nSPS) is 18.8. The van der Waals surface area contributed by atoms with Crippen molar-refractivity contribution in [1.29, 1.82) is 0 Å². The van der Waals surface area contributed by atoms with Gasteiger partial charge in [-0.05, 0) is 51.0 Å². The van der Waals surface area contributed by atoms with Crippen LogP contribution < -0.4 is 15.8 Å². The molecule has 31 heavy (non-hydrogen) atoms. The number of ether oxygens (including phenoxy) is 1. The molecule has 164 valence electrons. The van der Waals surface area contributed by atoms with Crippen LogP contribution in [0.5, 0.6) is 5.75 Å². The number of rotatable bonds is 7. The Labute approximate surface area is 181 Å². The van der Waals surface area contributed by atoms with Gasteiger partial charge in [-0.2, -0.15) is 0 Å². The number of primary amides is 1. The van der Waals surface area contributed by atoms with E-state index in [0.717, 1.165) is 0 Å². The first-order chi connectivity index (χ1) is 14.7. The molecule has 0 spiro atoms. The number of nitrogens with two attached hydrogens (primary N) is 1. The fourth-order valence-electron chi connectivity index (χ4n) is 3.91. The molecule has 2 heterocycles. The second-order valence-electron chi connectivity index (χ2n) is 8.27. The van der Waals surface area contributed by atoms with Crippen molar-refractivity contribution in [2.24, 2.45) is 5.73 Å². The molecule has 2 aromatic rings. The number of aromatic nitrogens is 1. The number of amides is 3. The highest BCUT2D eigenvalue weighted by Gasteiger charge is 2.47. The first-order valence-corrected chi connectivity index (χ1v) is 10.2. The van der Waals surface area contributed by atoms with Gasteiger partial charge in [-0.25, -0.2) is 0 Å². The molecule has 1 unspecified atom stereocenters. The fourth-order valence-corrected chi connectivity index (χ4v) is 3.91. The first kappa shape index (κ1) is 22.3. The van der Waals surface area contributed by atoms with Gasteiger partial charge >= 0.3 is 0 Å². The lowest BCUT2D eigenvalue weighted by Gasteiger charge is -2.43. The molecule has 3 amide bonds. The molecule has 1 atom stereocenters. The molecule has 8 heteroatoms. The van der Waals surface area contributed by atoms with E-state index in [1.807, 2.05) is 18.2 Å². The van der Waals surface area contributed by atoms with Gasteiger partial charge in [0.2, 0.25) is 11.8 Å². The van der Waals surface area contributed by atoms with Gasteiger partial charge in [-0.15, -0.1) is 0 Å². The summed E-state index contributed by atoms with van der Waals surface area (Å²) >= 11 is 0. The molecule has 0 bridgehead atoms. The Bertz CT molecular complexity index is 933. The Hall–Kier alpha value is -3.42. The zero-order valence-corrected chi connectivity index (χ0v) is 17.8. The number of hydrogen-bond donors (Lipinski definition) is 2. The minimum atomic E-state index is -1.18. The molecule has 1 aliphatic rings. The third-order valence-electron chi connectivity index (χ3n) is 5.51. The maximum Gasteiger partial charge on any atom is 0.258 e. The number of piperidine rings is 1. The Kier molecular flexibility index (Phi) is 6.58. The quantitative estimate of drug-likeness (QED) is 0.697. The standard InChI is InChI=1S/C23H28N4O4/c1-22(2,26-19(28)15-31-17-9-4-3-5-10-17)21(30)27-14-8-12-23(16-27,20(24)29)18-11-6-7-13-25-18/h3-7,9-11,13H,8,12,14-16H2,1-2H3,(H2,24,29)(H,26,28). The Balaban J connectivity index is 1.68. The van der Waals surface area contributed by atoms with Crippen LogP contribution in [0.3, 0.4) is 0 Å². The maximum absolute atomic E-state index is 13.3. The average Bonchev–Trinajstić information content (AvgIpc) is 2.78. The third-order valence-corrected chi connectivity index (χ3v) is 5.51. The number of nitrogens with zero attached hydrogens (tertiary/aromatic N) is 2. The van der Waals surface area contributed by atoms with Gasteiger partial charge in [0.05, 0.1) is 5.69 Å². The third kappa shape index (κ3) is 5.02. The van der Waals surface area contributed by atoms with Crippen LogP contribution in [-0.4, -0.2) is 52.8 Å². The monoisotopic (exact) mass is 424 g/mol. The number of benzene rings is 1. The summed E-state index contributed by atoms with van der Waals surface area (Å²) in [5, 5.41) is 2.73. The molecule has 1 saturated heterocycles. The second-order valence-corrected chi connectivity index (χ2v) is 8.27. The van der Waals surface area contributed by atoms with Crippen LogP contribution in [0, 0.1) is 0 Å². The summed E-state index contributed by atoms with van der Waals surface area (Å²) in [6, 6.07) is 14.3. The van der Waals surface area contributed by atoms with Gasteiger partial charge in [0.1, 0.15) is 16.7 Å². The number of hydrogen-bond acceptors (Lipinski definition) is 5. The zero-order valence-electron chi connectivity index (χ0n) is 17.8. The SMILES string of the molecule is CC(C)(NC(=O)COc1ccccc1)C(=O)N1CCCC(C(N)=O)(c2ccccn2)C1. The first-order valence-electron chi connectivity index (χ1n) is 10.2. The van der Waals surface area contributed by atoms with Crippen LogP contribution in [-0.2, 0) is 19.8 Å². The molecule has 0 aliphatic carbocycles. The molecule has 0 saturated carbocycles. The number of para-hydroxylation sites is 1. The van der Waals surface area contributed by atoms with Gasteiger partial charge in [0, 0.05) is 19.3 Å². The summed E-state index contributed by atoms with van der Waals surface area (Å²) in [5.74, 6) is -0.645. The molecule has 1 aromatic carbocycles. The van der Waals surface area contributed by atoms with E-state index in [0.29, 0.717) is 30.8 Å². The van der Waals surface area contributed by atoms with Gasteiger partial charge in [-0.3, -0.25) is 19.4 Å². The highest BCUT2D eigenvalue weighted by atomic mass is 16.5. The number of pyridine rings is 1. The molecule has 3 rings (SSSR count). The van der Waals surface area contributed by atoms with Crippen LogP contribution in [0.4, 0.5) is 0 Å². The number of carbonyl (C=O) groups is 3. The van der Waals surface area contributed by atoms with Crippen molar-refractivity contribution in [1.82, 2.24) is 15.2 Å². The molecule has 1 aliphatic heterocycles. The van der Waals surface area contributed by atoms with Crippen molar-refractivity contribution in [3.8, 4) is 5.75 Å². The van der Waals surface area contributed by atoms with Crippen molar-refractivity contribution in [3.05, 3.63) is 60.4 Å². The minimum absolute atomic E-state index is 0.123. The summed E-state index contributed by atoms with van der Waals surface area (Å²) in [5.41, 5.74) is 4.10. The predicted octanol–water partition coefficient (Wildman–Crippen LogP) is 1.40. The van der Waals surface area contributed by atoms with Crippen LogP contribution in [0.25, 0.3) is 0 Å². The van der Waals surface area contributed by atoms with E-state index < -0.39 is 22.8 Å². The average molecular weight is 425 g/mol.